The number of carbonyl (C=O) groups is 2. The zero-order chi connectivity index (χ0) is 20.1. The van der Waals surface area contributed by atoms with E-state index in [1.54, 1.807) is 24.5 Å². The van der Waals surface area contributed by atoms with Gasteiger partial charge in [0.15, 0.2) is 0 Å². The van der Waals surface area contributed by atoms with Crippen molar-refractivity contribution in [2.24, 2.45) is 17.3 Å². The number of pyridine rings is 2. The second-order valence-electron chi connectivity index (χ2n) is 8.84. The van der Waals surface area contributed by atoms with Gasteiger partial charge in [0.05, 0.1) is 17.8 Å². The van der Waals surface area contributed by atoms with E-state index in [1.807, 2.05) is 18.2 Å². The maximum atomic E-state index is 13.0. The minimum absolute atomic E-state index is 0.0700. The van der Waals surface area contributed by atoms with Crippen molar-refractivity contribution in [3.8, 4) is 0 Å². The molecule has 29 heavy (non-hydrogen) atoms. The summed E-state index contributed by atoms with van der Waals surface area (Å²) in [7, 11) is 0. The van der Waals surface area contributed by atoms with Crippen molar-refractivity contribution in [2.75, 3.05) is 5.32 Å². The van der Waals surface area contributed by atoms with Gasteiger partial charge in [-0.25, -0.2) is 4.98 Å². The molecule has 1 aliphatic heterocycles. The number of rotatable bonds is 3. The van der Waals surface area contributed by atoms with Crippen molar-refractivity contribution < 1.29 is 9.59 Å². The zero-order valence-electron chi connectivity index (χ0n) is 16.4. The first kappa shape index (κ1) is 18.1. The van der Waals surface area contributed by atoms with Crippen molar-refractivity contribution in [3.05, 3.63) is 54.0 Å². The summed E-state index contributed by atoms with van der Waals surface area (Å²) in [4.78, 5) is 34.4. The quantitative estimate of drug-likeness (QED) is 0.747. The molecule has 2 amide bonds. The second kappa shape index (κ2) is 6.54. The summed E-state index contributed by atoms with van der Waals surface area (Å²) in [6, 6.07) is 9.26. The topological polar surface area (TPSA) is 96.0 Å². The molecule has 7 nitrogen and oxygen atoms in total. The number of carbonyl (C=O) groups excluding carboxylic acids is 2. The highest BCUT2D eigenvalue weighted by atomic mass is 16.2. The number of nitrogens with one attached hydrogen (secondary N) is 3. The van der Waals surface area contributed by atoms with Gasteiger partial charge in [-0.3, -0.25) is 14.6 Å². The van der Waals surface area contributed by atoms with Gasteiger partial charge < -0.3 is 16.0 Å². The molecule has 3 N–H and O–H groups in total. The van der Waals surface area contributed by atoms with Gasteiger partial charge in [0.1, 0.15) is 11.5 Å². The van der Waals surface area contributed by atoms with Crippen molar-refractivity contribution >= 4 is 17.6 Å². The molecule has 3 aliphatic carbocycles. The first-order valence-corrected chi connectivity index (χ1v) is 10.2. The lowest BCUT2D eigenvalue weighted by molar-refractivity contribution is -0.139. The molecule has 150 valence electrons. The predicted molar refractivity (Wildman–Crippen MR) is 108 cm³/mol. The number of fused-ring (bicyclic) bond motifs is 3. The number of anilines is 1. The van der Waals surface area contributed by atoms with Crippen molar-refractivity contribution in [3.63, 3.8) is 0 Å². The number of hydrogen-bond donors (Lipinski definition) is 3. The van der Waals surface area contributed by atoms with E-state index in [1.165, 1.54) is 0 Å². The van der Waals surface area contributed by atoms with Crippen LogP contribution >= 0.6 is 0 Å². The first-order chi connectivity index (χ1) is 14.0. The number of hydrogen-bond acceptors (Lipinski definition) is 5. The predicted octanol–water partition coefficient (Wildman–Crippen LogP) is 2.47. The monoisotopic (exact) mass is 391 g/mol. The number of amides is 2. The highest BCUT2D eigenvalue weighted by Crippen LogP contribution is 2.58. The lowest BCUT2D eigenvalue weighted by atomic mass is 9.51. The Morgan fingerprint density at radius 2 is 2.07 bits per heavy atom. The van der Waals surface area contributed by atoms with Crippen LogP contribution in [-0.4, -0.2) is 27.4 Å². The van der Waals surface area contributed by atoms with E-state index in [4.69, 9.17) is 0 Å². The highest BCUT2D eigenvalue weighted by Gasteiger charge is 2.60. The fourth-order valence-electron chi connectivity index (χ4n) is 5.53. The summed E-state index contributed by atoms with van der Waals surface area (Å²) in [6.45, 7) is 2.62. The van der Waals surface area contributed by atoms with E-state index in [0.29, 0.717) is 24.3 Å². The molecule has 4 unspecified atom stereocenters. The molecule has 0 radical (unpaired) electrons. The van der Waals surface area contributed by atoms with Crippen molar-refractivity contribution in [1.82, 2.24) is 20.6 Å². The Labute approximate surface area is 169 Å². The van der Waals surface area contributed by atoms with E-state index < -0.39 is 5.66 Å². The molecule has 6 rings (SSSR count). The fraction of sp³-hybridized carbons (Fsp3) is 0.455. The smallest absolute Gasteiger partial charge is 0.256 e. The number of nitrogens with zero attached hydrogens (tertiary/aromatic N) is 2. The zero-order valence-corrected chi connectivity index (χ0v) is 16.4. The van der Waals surface area contributed by atoms with Crippen LogP contribution in [0.3, 0.4) is 0 Å². The summed E-state index contributed by atoms with van der Waals surface area (Å²) in [5, 5.41) is 9.84. The van der Waals surface area contributed by atoms with Crippen LogP contribution in [0.4, 0.5) is 5.82 Å². The Hall–Kier alpha value is -2.96. The van der Waals surface area contributed by atoms with Gasteiger partial charge in [0.2, 0.25) is 5.91 Å². The third kappa shape index (κ3) is 2.96. The molecule has 4 atom stereocenters. The van der Waals surface area contributed by atoms with E-state index in [0.717, 1.165) is 25.0 Å². The molecule has 2 aromatic rings. The minimum Gasteiger partial charge on any atom is -0.350 e. The molecule has 3 fully saturated rings. The van der Waals surface area contributed by atoms with E-state index >= 15 is 0 Å². The van der Waals surface area contributed by atoms with Gasteiger partial charge in [0.25, 0.3) is 5.91 Å². The Morgan fingerprint density at radius 1 is 1.21 bits per heavy atom. The molecule has 3 heterocycles. The fourth-order valence-corrected chi connectivity index (χ4v) is 5.53. The molecule has 0 aromatic carbocycles. The Bertz CT molecular complexity index is 965. The van der Waals surface area contributed by atoms with Gasteiger partial charge in [0, 0.05) is 24.2 Å². The molecule has 1 spiro atoms. The average molecular weight is 391 g/mol. The SMILES string of the molecule is CC12CCC(CC1C(=O)NCc1ccccn1)C1(C2)NC(=O)c2cccnc2N1. The van der Waals surface area contributed by atoms with E-state index in [-0.39, 0.29) is 29.1 Å². The third-order valence-electron chi connectivity index (χ3n) is 7.02. The molecule has 7 heteroatoms. The van der Waals surface area contributed by atoms with Crippen molar-refractivity contribution in [2.45, 2.75) is 44.8 Å². The highest BCUT2D eigenvalue weighted by molar-refractivity contribution is 6.01. The Balaban J connectivity index is 1.35. The third-order valence-corrected chi connectivity index (χ3v) is 7.02. The van der Waals surface area contributed by atoms with Crippen LogP contribution < -0.4 is 16.0 Å². The van der Waals surface area contributed by atoms with E-state index in [9.17, 15) is 9.59 Å². The molecule has 4 aliphatic rings. The summed E-state index contributed by atoms with van der Waals surface area (Å²) < 4.78 is 0. The minimum atomic E-state index is -0.525. The largest absolute Gasteiger partial charge is 0.350 e. The van der Waals surface area contributed by atoms with Crippen LogP contribution in [0, 0.1) is 17.3 Å². The van der Waals surface area contributed by atoms with Gasteiger partial charge in [-0.05, 0) is 55.4 Å². The lowest BCUT2D eigenvalue weighted by Crippen LogP contribution is -2.70. The molecule has 2 bridgehead atoms. The maximum Gasteiger partial charge on any atom is 0.256 e. The molecule has 0 saturated heterocycles. The van der Waals surface area contributed by atoms with Crippen LogP contribution in [0.25, 0.3) is 0 Å². The summed E-state index contributed by atoms with van der Waals surface area (Å²) >= 11 is 0. The van der Waals surface area contributed by atoms with Crippen LogP contribution in [0.2, 0.25) is 0 Å². The van der Waals surface area contributed by atoms with Crippen LogP contribution in [-0.2, 0) is 11.3 Å². The first-order valence-electron chi connectivity index (χ1n) is 10.2. The normalized spacial score (nSPS) is 32.2. The Kier molecular flexibility index (Phi) is 4.08. The van der Waals surface area contributed by atoms with Gasteiger partial charge >= 0.3 is 0 Å². The van der Waals surface area contributed by atoms with Gasteiger partial charge in [-0.2, -0.15) is 0 Å². The molecule has 3 saturated carbocycles. The van der Waals surface area contributed by atoms with Gasteiger partial charge in [-0.1, -0.05) is 13.0 Å². The summed E-state index contributed by atoms with van der Waals surface area (Å²) in [5.74, 6) is 0.759. The van der Waals surface area contributed by atoms with Crippen LogP contribution in [0.1, 0.15) is 48.7 Å². The molecule has 2 aromatic heterocycles. The Morgan fingerprint density at radius 3 is 2.86 bits per heavy atom. The average Bonchev–Trinajstić information content (AvgIpc) is 2.72. The van der Waals surface area contributed by atoms with E-state index in [2.05, 4.69) is 32.8 Å². The summed E-state index contributed by atoms with van der Waals surface area (Å²) in [5.41, 5.74) is 0.723. The van der Waals surface area contributed by atoms with Gasteiger partial charge in [-0.15, -0.1) is 0 Å². The molecular formula is C22H25N5O2. The molecular weight excluding hydrogens is 366 g/mol. The standard InChI is InChI=1S/C22H25N5O2/c1-21-8-7-14(11-17(21)20(29)25-12-15-5-2-3-9-23-15)22(13-21)26-18-16(19(28)27-22)6-4-10-24-18/h2-6,9-10,14,17H,7-8,11-13H2,1H3,(H,24,26)(H,25,29)(H,27,28). The maximum absolute atomic E-state index is 13.0. The van der Waals surface area contributed by atoms with Crippen molar-refractivity contribution in [1.29, 1.82) is 0 Å². The number of aromatic nitrogens is 2. The van der Waals surface area contributed by atoms with Crippen LogP contribution in [0.15, 0.2) is 42.7 Å². The van der Waals surface area contributed by atoms with Crippen LogP contribution in [0.5, 0.6) is 0 Å². The second-order valence-corrected chi connectivity index (χ2v) is 8.84. The summed E-state index contributed by atoms with van der Waals surface area (Å²) in [6.07, 6.45) is 6.87. The lowest BCUT2D eigenvalue weighted by Gasteiger charge is -2.60.